The minimum Gasteiger partial charge on any atom is -0.369 e. The molecule has 2 aromatic rings. The summed E-state index contributed by atoms with van der Waals surface area (Å²) in [5, 5.41) is 17.6. The molecule has 0 spiro atoms. The average Bonchev–Trinajstić information content (AvgIpc) is 2.47. The fourth-order valence-corrected chi connectivity index (χ4v) is 2.61. The zero-order valence-electron chi connectivity index (χ0n) is 11.0. The lowest BCUT2D eigenvalue weighted by molar-refractivity contribution is 0.919. The van der Waals surface area contributed by atoms with Crippen molar-refractivity contribution in [1.29, 1.82) is 10.5 Å². The van der Waals surface area contributed by atoms with Crippen LogP contribution in [-0.4, -0.2) is 7.05 Å². The Hall–Kier alpha value is -2.30. The van der Waals surface area contributed by atoms with Gasteiger partial charge in [-0.2, -0.15) is 10.5 Å². The highest BCUT2D eigenvalue weighted by Crippen LogP contribution is 2.27. The number of hydrogen-bond donors (Lipinski definition) is 0. The highest BCUT2D eigenvalue weighted by Gasteiger charge is 2.07. The molecule has 0 aromatic heterocycles. The third-order valence-corrected chi connectivity index (χ3v) is 3.63. The standard InChI is InChI=1S/C16H12BrN3/c1-20(11-13-4-2-12(9-18)3-5-13)16-7-6-14(10-19)8-15(16)17/h2-8H,11H2,1H3. The summed E-state index contributed by atoms with van der Waals surface area (Å²) in [6.07, 6.45) is 0. The molecule has 0 saturated carbocycles. The molecule has 0 fully saturated rings. The first kappa shape index (κ1) is 14.1. The number of nitrogens with zero attached hydrogens (tertiary/aromatic N) is 3. The average molecular weight is 326 g/mol. The van der Waals surface area contributed by atoms with Gasteiger partial charge in [0.25, 0.3) is 0 Å². The summed E-state index contributed by atoms with van der Waals surface area (Å²) >= 11 is 3.49. The highest BCUT2D eigenvalue weighted by atomic mass is 79.9. The van der Waals surface area contributed by atoms with Gasteiger partial charge in [0, 0.05) is 18.1 Å². The van der Waals surface area contributed by atoms with Gasteiger partial charge in [0.1, 0.15) is 0 Å². The quantitative estimate of drug-likeness (QED) is 0.861. The minimum absolute atomic E-state index is 0.632. The van der Waals surface area contributed by atoms with E-state index in [1.807, 2.05) is 43.4 Å². The van der Waals surface area contributed by atoms with E-state index < -0.39 is 0 Å². The fraction of sp³-hybridized carbons (Fsp3) is 0.125. The van der Waals surface area contributed by atoms with Crippen LogP contribution in [0.5, 0.6) is 0 Å². The highest BCUT2D eigenvalue weighted by molar-refractivity contribution is 9.10. The molecule has 4 heteroatoms. The Bertz CT molecular complexity index is 693. The van der Waals surface area contributed by atoms with Gasteiger partial charge < -0.3 is 4.90 Å². The second-order valence-corrected chi connectivity index (χ2v) is 5.30. The van der Waals surface area contributed by atoms with Crippen LogP contribution < -0.4 is 4.90 Å². The Kier molecular flexibility index (Phi) is 4.40. The van der Waals surface area contributed by atoms with E-state index in [1.165, 1.54) is 0 Å². The summed E-state index contributed by atoms with van der Waals surface area (Å²) in [5.41, 5.74) is 3.44. The van der Waals surface area contributed by atoms with Crippen molar-refractivity contribution in [3.63, 3.8) is 0 Å². The van der Waals surface area contributed by atoms with E-state index in [4.69, 9.17) is 10.5 Å². The molecule has 0 bridgehead atoms. The lowest BCUT2D eigenvalue weighted by Gasteiger charge is -2.21. The Labute approximate surface area is 126 Å². The summed E-state index contributed by atoms with van der Waals surface area (Å²) in [6, 6.07) is 17.3. The molecule has 0 radical (unpaired) electrons. The number of rotatable bonds is 3. The first-order valence-corrected chi connectivity index (χ1v) is 6.83. The van der Waals surface area contributed by atoms with Crippen molar-refractivity contribution in [2.75, 3.05) is 11.9 Å². The third kappa shape index (κ3) is 3.17. The van der Waals surface area contributed by atoms with E-state index >= 15 is 0 Å². The Morgan fingerprint density at radius 2 is 1.60 bits per heavy atom. The van der Waals surface area contributed by atoms with Crippen LogP contribution in [0.1, 0.15) is 16.7 Å². The van der Waals surface area contributed by atoms with Gasteiger partial charge in [-0.15, -0.1) is 0 Å². The molecule has 0 aliphatic rings. The maximum absolute atomic E-state index is 8.87. The van der Waals surface area contributed by atoms with E-state index in [0.717, 1.165) is 22.3 Å². The zero-order chi connectivity index (χ0) is 14.5. The van der Waals surface area contributed by atoms with Crippen LogP contribution in [0.3, 0.4) is 0 Å². The first-order valence-electron chi connectivity index (χ1n) is 6.04. The van der Waals surface area contributed by atoms with Crippen molar-refractivity contribution in [3.05, 3.63) is 63.6 Å². The van der Waals surface area contributed by atoms with Crippen LogP contribution in [0.4, 0.5) is 5.69 Å². The first-order chi connectivity index (χ1) is 9.63. The van der Waals surface area contributed by atoms with Crippen molar-refractivity contribution >= 4 is 21.6 Å². The lowest BCUT2D eigenvalue weighted by atomic mass is 10.1. The molecular weight excluding hydrogens is 314 g/mol. The molecular formula is C16H12BrN3. The maximum atomic E-state index is 8.87. The Morgan fingerprint density at radius 1 is 1.00 bits per heavy atom. The van der Waals surface area contributed by atoms with Gasteiger partial charge in [0.15, 0.2) is 0 Å². The van der Waals surface area contributed by atoms with E-state index in [0.29, 0.717) is 11.1 Å². The topological polar surface area (TPSA) is 50.8 Å². The van der Waals surface area contributed by atoms with Gasteiger partial charge in [0.05, 0.1) is 29.0 Å². The number of anilines is 1. The van der Waals surface area contributed by atoms with Crippen LogP contribution in [0.2, 0.25) is 0 Å². The van der Waals surface area contributed by atoms with Crippen molar-refractivity contribution in [1.82, 2.24) is 0 Å². The molecule has 0 heterocycles. The van der Waals surface area contributed by atoms with Gasteiger partial charge in [-0.3, -0.25) is 0 Å². The predicted molar refractivity (Wildman–Crippen MR) is 82.1 cm³/mol. The molecule has 0 saturated heterocycles. The maximum Gasteiger partial charge on any atom is 0.0992 e. The number of nitriles is 2. The van der Waals surface area contributed by atoms with Gasteiger partial charge in [-0.05, 0) is 51.8 Å². The second-order valence-electron chi connectivity index (χ2n) is 4.44. The van der Waals surface area contributed by atoms with Crippen LogP contribution in [0.15, 0.2) is 46.9 Å². The smallest absolute Gasteiger partial charge is 0.0992 e. The van der Waals surface area contributed by atoms with Crippen molar-refractivity contribution in [2.45, 2.75) is 6.54 Å². The Balaban J connectivity index is 2.17. The largest absolute Gasteiger partial charge is 0.369 e. The summed E-state index contributed by atoms with van der Waals surface area (Å²) in [4.78, 5) is 2.09. The molecule has 2 aromatic carbocycles. The molecule has 0 aliphatic carbocycles. The van der Waals surface area contributed by atoms with Gasteiger partial charge in [-0.25, -0.2) is 0 Å². The van der Waals surface area contributed by atoms with Gasteiger partial charge in [0.2, 0.25) is 0 Å². The number of benzene rings is 2. The van der Waals surface area contributed by atoms with Crippen molar-refractivity contribution in [3.8, 4) is 12.1 Å². The molecule has 0 unspecified atom stereocenters. The monoisotopic (exact) mass is 325 g/mol. The fourth-order valence-electron chi connectivity index (χ4n) is 1.93. The molecule has 0 atom stereocenters. The van der Waals surface area contributed by atoms with Crippen molar-refractivity contribution in [2.24, 2.45) is 0 Å². The number of halogens is 1. The zero-order valence-corrected chi connectivity index (χ0v) is 12.6. The SMILES string of the molecule is CN(Cc1ccc(C#N)cc1)c1ccc(C#N)cc1Br. The normalized spacial score (nSPS) is 9.60. The molecule has 3 nitrogen and oxygen atoms in total. The summed E-state index contributed by atoms with van der Waals surface area (Å²) in [5.74, 6) is 0. The molecule has 0 N–H and O–H groups in total. The van der Waals surface area contributed by atoms with E-state index in [-0.39, 0.29) is 0 Å². The second kappa shape index (κ2) is 6.23. The van der Waals surface area contributed by atoms with Gasteiger partial charge in [-0.1, -0.05) is 12.1 Å². The predicted octanol–water partition coefficient (Wildman–Crippen LogP) is 3.83. The molecule has 20 heavy (non-hydrogen) atoms. The van der Waals surface area contributed by atoms with E-state index in [9.17, 15) is 0 Å². The molecule has 0 aliphatic heterocycles. The summed E-state index contributed by atoms with van der Waals surface area (Å²) < 4.78 is 0.896. The summed E-state index contributed by atoms with van der Waals surface area (Å²) in [7, 11) is 1.99. The van der Waals surface area contributed by atoms with Crippen LogP contribution in [-0.2, 0) is 6.54 Å². The summed E-state index contributed by atoms with van der Waals surface area (Å²) in [6.45, 7) is 0.732. The van der Waals surface area contributed by atoms with Gasteiger partial charge >= 0.3 is 0 Å². The van der Waals surface area contributed by atoms with Crippen LogP contribution in [0, 0.1) is 22.7 Å². The molecule has 0 amide bonds. The molecule has 98 valence electrons. The van der Waals surface area contributed by atoms with Crippen LogP contribution in [0.25, 0.3) is 0 Å². The third-order valence-electron chi connectivity index (χ3n) is 2.99. The molecule has 2 rings (SSSR count). The Morgan fingerprint density at radius 3 is 2.15 bits per heavy atom. The minimum atomic E-state index is 0.632. The lowest BCUT2D eigenvalue weighted by Crippen LogP contribution is -2.16. The number of hydrogen-bond acceptors (Lipinski definition) is 3. The van der Waals surface area contributed by atoms with Crippen molar-refractivity contribution < 1.29 is 0 Å². The van der Waals surface area contributed by atoms with E-state index in [1.54, 1.807) is 6.07 Å². The van der Waals surface area contributed by atoms with E-state index in [2.05, 4.69) is 33.0 Å². The van der Waals surface area contributed by atoms with Crippen LogP contribution >= 0.6 is 15.9 Å².